The van der Waals surface area contributed by atoms with Crippen LogP contribution in [0.25, 0.3) is 10.9 Å². The van der Waals surface area contributed by atoms with Gasteiger partial charge in [-0.2, -0.15) is 0 Å². The summed E-state index contributed by atoms with van der Waals surface area (Å²) in [6, 6.07) is 3.82. The number of esters is 1. The topological polar surface area (TPSA) is 30.7 Å². The fourth-order valence-corrected chi connectivity index (χ4v) is 1.50. The lowest BCUT2D eigenvalue weighted by Gasteiger charge is -2.04. The first-order chi connectivity index (χ1) is 7.58. The van der Waals surface area contributed by atoms with Crippen LogP contribution in [0.15, 0.2) is 18.2 Å². The molecule has 0 aliphatic carbocycles. The van der Waals surface area contributed by atoms with Gasteiger partial charge in [-0.3, -0.25) is 0 Å². The largest absolute Gasteiger partial charge is 0.466 e. The van der Waals surface area contributed by atoms with Gasteiger partial charge in [0.1, 0.15) is 0 Å². The van der Waals surface area contributed by atoms with Crippen molar-refractivity contribution in [2.75, 3.05) is 7.11 Å². The van der Waals surface area contributed by atoms with Crippen LogP contribution in [0.4, 0.5) is 5.69 Å². The number of rotatable bonds is 2. The number of nitrogens with zero attached hydrogens (tertiary/aromatic N) is 1. The van der Waals surface area contributed by atoms with Crippen LogP contribution < -0.4 is 0 Å². The van der Waals surface area contributed by atoms with Crippen LogP contribution in [0.1, 0.15) is 16.7 Å². The Morgan fingerprint density at radius 1 is 1.44 bits per heavy atom. The highest BCUT2D eigenvalue weighted by Gasteiger charge is 2.04. The number of hydrogen-bond donors (Lipinski definition) is 0. The first kappa shape index (κ1) is 12.0. The normalized spacial score (nSPS) is 10.1. The first-order valence-corrected chi connectivity index (χ1v) is 4.83. The average Bonchev–Trinajstić information content (AvgIpc) is 2.25. The molecule has 0 saturated carbocycles. The van der Waals surface area contributed by atoms with Crippen molar-refractivity contribution in [3.63, 3.8) is 0 Å². The Balaban J connectivity index is 3.18. The maximum Gasteiger partial charge on any atom is 0.330 e. The van der Waals surface area contributed by atoms with Gasteiger partial charge in [0.2, 0.25) is 0 Å². The molecule has 82 valence electrons. The smallest absolute Gasteiger partial charge is 0.330 e. The van der Waals surface area contributed by atoms with E-state index in [1.807, 2.05) is 26.0 Å². The summed E-state index contributed by atoms with van der Waals surface area (Å²) in [6.45, 7) is 10.9. The van der Waals surface area contributed by atoms with E-state index in [9.17, 15) is 4.79 Å². The highest BCUT2D eigenvalue weighted by molar-refractivity contribution is 5.88. The minimum absolute atomic E-state index is 0.421. The zero-order valence-corrected chi connectivity index (χ0v) is 9.57. The molecule has 1 rings (SSSR count). The standard InChI is InChI=1S/C13H13NO2/c1-9-7-10(2)13(14-3)11(8-9)5-6-12(15)16-4/h5-8H,1-2,4H3/b6-5+. The minimum Gasteiger partial charge on any atom is -0.466 e. The third kappa shape index (κ3) is 2.71. The second kappa shape index (κ2) is 5.13. The van der Waals surface area contributed by atoms with Crippen molar-refractivity contribution in [1.29, 1.82) is 0 Å². The van der Waals surface area contributed by atoms with Gasteiger partial charge in [0, 0.05) is 6.08 Å². The Morgan fingerprint density at radius 2 is 2.12 bits per heavy atom. The van der Waals surface area contributed by atoms with Crippen molar-refractivity contribution in [2.45, 2.75) is 13.8 Å². The van der Waals surface area contributed by atoms with Crippen LogP contribution in [0, 0.1) is 20.4 Å². The van der Waals surface area contributed by atoms with Gasteiger partial charge in [-0.15, -0.1) is 0 Å². The Hall–Kier alpha value is -2.08. The van der Waals surface area contributed by atoms with E-state index in [4.69, 9.17) is 6.57 Å². The molecule has 0 aliphatic rings. The molecule has 1 aromatic rings. The molecule has 3 nitrogen and oxygen atoms in total. The Morgan fingerprint density at radius 3 is 2.69 bits per heavy atom. The fourth-order valence-electron chi connectivity index (χ4n) is 1.50. The molecule has 0 amide bonds. The van der Waals surface area contributed by atoms with E-state index in [0.717, 1.165) is 16.7 Å². The quantitative estimate of drug-likeness (QED) is 0.431. The predicted molar refractivity (Wildman–Crippen MR) is 63.2 cm³/mol. The summed E-state index contributed by atoms with van der Waals surface area (Å²) in [5, 5.41) is 0. The summed E-state index contributed by atoms with van der Waals surface area (Å²) in [4.78, 5) is 14.4. The third-order valence-electron chi connectivity index (χ3n) is 2.19. The van der Waals surface area contributed by atoms with Crippen molar-refractivity contribution >= 4 is 17.7 Å². The van der Waals surface area contributed by atoms with Crippen LogP contribution in [-0.2, 0) is 9.53 Å². The summed E-state index contributed by atoms with van der Waals surface area (Å²) in [6.07, 6.45) is 2.93. The highest BCUT2D eigenvalue weighted by atomic mass is 16.5. The van der Waals surface area contributed by atoms with Gasteiger partial charge in [0.25, 0.3) is 0 Å². The van der Waals surface area contributed by atoms with Gasteiger partial charge in [-0.05, 0) is 25.0 Å². The molecule has 0 aliphatic heterocycles. The Kier molecular flexibility index (Phi) is 3.84. The van der Waals surface area contributed by atoms with Crippen LogP contribution in [0.2, 0.25) is 0 Å². The van der Waals surface area contributed by atoms with Crippen LogP contribution in [-0.4, -0.2) is 13.1 Å². The van der Waals surface area contributed by atoms with Crippen molar-refractivity contribution < 1.29 is 9.53 Å². The van der Waals surface area contributed by atoms with E-state index >= 15 is 0 Å². The van der Waals surface area contributed by atoms with E-state index in [0.29, 0.717) is 5.69 Å². The zero-order chi connectivity index (χ0) is 12.1. The minimum atomic E-state index is -0.421. The molecular weight excluding hydrogens is 202 g/mol. The van der Waals surface area contributed by atoms with Gasteiger partial charge in [0.15, 0.2) is 5.69 Å². The van der Waals surface area contributed by atoms with Crippen LogP contribution in [0.5, 0.6) is 0 Å². The molecule has 1 aromatic carbocycles. The molecule has 0 saturated heterocycles. The van der Waals surface area contributed by atoms with Gasteiger partial charge >= 0.3 is 5.97 Å². The Bertz CT molecular complexity index is 481. The molecule has 0 N–H and O–H groups in total. The van der Waals surface area contributed by atoms with E-state index in [1.54, 1.807) is 6.08 Å². The lowest BCUT2D eigenvalue weighted by Crippen LogP contribution is -1.93. The maximum atomic E-state index is 11.0. The SMILES string of the molecule is [C-]#[N+]c1c(C)cc(C)cc1/C=C/C(=O)OC. The molecule has 0 radical (unpaired) electrons. The van der Waals surface area contributed by atoms with Gasteiger partial charge < -0.3 is 4.74 Å². The van der Waals surface area contributed by atoms with Crippen molar-refractivity contribution in [3.05, 3.63) is 46.3 Å². The van der Waals surface area contributed by atoms with Crippen LogP contribution in [0.3, 0.4) is 0 Å². The summed E-state index contributed by atoms with van der Waals surface area (Å²) in [7, 11) is 1.32. The van der Waals surface area contributed by atoms with Gasteiger partial charge in [0.05, 0.1) is 13.7 Å². The molecule has 0 bridgehead atoms. The van der Waals surface area contributed by atoms with E-state index in [1.165, 1.54) is 13.2 Å². The number of aryl methyl sites for hydroxylation is 2. The summed E-state index contributed by atoms with van der Waals surface area (Å²) < 4.78 is 4.50. The second-order valence-electron chi connectivity index (χ2n) is 3.49. The number of carbonyl (C=O) groups is 1. The number of hydrogen-bond acceptors (Lipinski definition) is 2. The van der Waals surface area contributed by atoms with Crippen molar-refractivity contribution in [3.8, 4) is 0 Å². The molecule has 0 unspecified atom stereocenters. The first-order valence-electron chi connectivity index (χ1n) is 4.83. The summed E-state index contributed by atoms with van der Waals surface area (Å²) in [5.41, 5.74) is 3.30. The molecular formula is C13H13NO2. The molecule has 0 fully saturated rings. The zero-order valence-electron chi connectivity index (χ0n) is 9.57. The molecule has 16 heavy (non-hydrogen) atoms. The van der Waals surface area contributed by atoms with E-state index in [2.05, 4.69) is 9.58 Å². The molecule has 0 heterocycles. The third-order valence-corrected chi connectivity index (χ3v) is 2.19. The van der Waals surface area contributed by atoms with Crippen molar-refractivity contribution in [2.24, 2.45) is 0 Å². The number of methoxy groups -OCH3 is 1. The molecule has 0 atom stereocenters. The Labute approximate surface area is 95.2 Å². The van der Waals surface area contributed by atoms with Crippen molar-refractivity contribution in [1.82, 2.24) is 0 Å². The lowest BCUT2D eigenvalue weighted by molar-refractivity contribution is -0.134. The highest BCUT2D eigenvalue weighted by Crippen LogP contribution is 2.26. The number of ether oxygens (including phenoxy) is 1. The fraction of sp³-hybridized carbons (Fsp3) is 0.231. The van der Waals surface area contributed by atoms with Crippen LogP contribution >= 0.6 is 0 Å². The monoisotopic (exact) mass is 215 g/mol. The van der Waals surface area contributed by atoms with E-state index in [-0.39, 0.29) is 0 Å². The summed E-state index contributed by atoms with van der Waals surface area (Å²) in [5.74, 6) is -0.421. The van der Waals surface area contributed by atoms with E-state index < -0.39 is 5.97 Å². The number of carbonyl (C=O) groups excluding carboxylic acids is 1. The second-order valence-corrected chi connectivity index (χ2v) is 3.49. The number of benzene rings is 1. The van der Waals surface area contributed by atoms with Gasteiger partial charge in [-0.1, -0.05) is 23.8 Å². The maximum absolute atomic E-state index is 11.0. The summed E-state index contributed by atoms with van der Waals surface area (Å²) >= 11 is 0. The molecule has 3 heteroatoms. The predicted octanol–water partition coefficient (Wildman–Crippen LogP) is 3.04. The lowest BCUT2D eigenvalue weighted by atomic mass is 10.0. The molecule has 0 spiro atoms. The van der Waals surface area contributed by atoms with Gasteiger partial charge in [-0.25, -0.2) is 9.64 Å². The molecule has 0 aromatic heterocycles. The average molecular weight is 215 g/mol.